The smallest absolute Gasteiger partial charge is 0.272 e. The Kier molecular flexibility index (Phi) is 5.25. The van der Waals surface area contributed by atoms with Crippen LogP contribution in [0, 0.1) is 17.0 Å². The molecular weight excluding hydrogens is 372 g/mol. The molecule has 1 amide bonds. The van der Waals surface area contributed by atoms with E-state index in [-0.39, 0.29) is 12.3 Å². The molecule has 0 aliphatic carbocycles. The number of nitrogens with one attached hydrogen (secondary N) is 1. The van der Waals surface area contributed by atoms with E-state index in [1.54, 1.807) is 37.3 Å². The van der Waals surface area contributed by atoms with Gasteiger partial charge in [-0.2, -0.15) is 0 Å². The van der Waals surface area contributed by atoms with E-state index in [4.69, 9.17) is 21.1 Å². The van der Waals surface area contributed by atoms with Crippen molar-refractivity contribution in [1.29, 1.82) is 0 Å². The summed E-state index contributed by atoms with van der Waals surface area (Å²) in [4.78, 5) is 22.9. The van der Waals surface area contributed by atoms with Gasteiger partial charge in [0.1, 0.15) is 18.1 Å². The molecule has 0 fully saturated rings. The molecular formula is C19H15ClN2O5. The lowest BCUT2D eigenvalue weighted by Crippen LogP contribution is -2.12. The Hall–Kier alpha value is -3.16. The normalized spacial score (nSPS) is 10.6. The quantitative estimate of drug-likeness (QED) is 0.493. The number of nitrogens with zero attached hydrogens (tertiary/aromatic N) is 1. The van der Waals surface area contributed by atoms with Gasteiger partial charge in [-0.3, -0.25) is 14.9 Å². The molecule has 0 radical (unpaired) electrons. The fourth-order valence-electron chi connectivity index (χ4n) is 2.60. The van der Waals surface area contributed by atoms with Crippen molar-refractivity contribution >= 4 is 28.9 Å². The third-order valence-electron chi connectivity index (χ3n) is 3.96. The average molecular weight is 387 g/mol. The van der Waals surface area contributed by atoms with Gasteiger partial charge in [-0.05, 0) is 49.4 Å². The molecule has 3 aromatic rings. The lowest BCUT2D eigenvalue weighted by atomic mass is 10.1. The molecule has 2 N–H and O–H groups in total. The molecule has 0 aliphatic heterocycles. The summed E-state index contributed by atoms with van der Waals surface area (Å²) in [5.74, 6) is 0.458. The Morgan fingerprint density at radius 1 is 1.22 bits per heavy atom. The lowest BCUT2D eigenvalue weighted by molar-refractivity contribution is -0.385. The second kappa shape index (κ2) is 7.61. The van der Waals surface area contributed by atoms with Crippen LogP contribution in [-0.2, 0) is 6.61 Å². The highest BCUT2D eigenvalue weighted by molar-refractivity contribution is 6.33. The topological polar surface area (TPSA) is 106 Å². The maximum atomic E-state index is 12.5. The highest BCUT2D eigenvalue weighted by atomic mass is 35.5. The monoisotopic (exact) mass is 386 g/mol. The van der Waals surface area contributed by atoms with Crippen LogP contribution in [0.4, 0.5) is 11.4 Å². The van der Waals surface area contributed by atoms with Gasteiger partial charge < -0.3 is 14.8 Å². The third-order valence-corrected chi connectivity index (χ3v) is 4.29. The van der Waals surface area contributed by atoms with Gasteiger partial charge in [0.25, 0.3) is 11.6 Å². The SMILES string of the molecule is Cc1cc(C(=O)Nc2ccc(Cl)c(-c3ccc(CO)o3)c2)ccc1[N+](=O)[O-]. The number of amides is 1. The second-order valence-electron chi connectivity index (χ2n) is 5.83. The Morgan fingerprint density at radius 3 is 2.63 bits per heavy atom. The molecule has 0 unspecified atom stereocenters. The van der Waals surface area contributed by atoms with Crippen molar-refractivity contribution in [2.45, 2.75) is 13.5 Å². The second-order valence-corrected chi connectivity index (χ2v) is 6.24. The number of rotatable bonds is 5. The number of hydrogen-bond donors (Lipinski definition) is 2. The van der Waals surface area contributed by atoms with Crippen molar-refractivity contribution in [1.82, 2.24) is 0 Å². The number of aryl methyl sites for hydroxylation is 1. The van der Waals surface area contributed by atoms with E-state index in [2.05, 4.69) is 5.32 Å². The summed E-state index contributed by atoms with van der Waals surface area (Å²) in [5.41, 5.74) is 1.70. The molecule has 7 nitrogen and oxygen atoms in total. The first-order valence-corrected chi connectivity index (χ1v) is 8.32. The lowest BCUT2D eigenvalue weighted by Gasteiger charge is -2.09. The van der Waals surface area contributed by atoms with E-state index in [1.165, 1.54) is 18.2 Å². The average Bonchev–Trinajstić information content (AvgIpc) is 3.11. The first kappa shape index (κ1) is 18.6. The van der Waals surface area contributed by atoms with E-state index in [9.17, 15) is 14.9 Å². The largest absolute Gasteiger partial charge is 0.459 e. The van der Waals surface area contributed by atoms with Gasteiger partial charge in [0.15, 0.2) is 0 Å². The molecule has 8 heteroatoms. The van der Waals surface area contributed by atoms with Gasteiger partial charge in [-0.1, -0.05) is 11.6 Å². The summed E-state index contributed by atoms with van der Waals surface area (Å²) in [6.07, 6.45) is 0. The third kappa shape index (κ3) is 3.99. The van der Waals surface area contributed by atoms with Crippen molar-refractivity contribution in [2.75, 3.05) is 5.32 Å². The van der Waals surface area contributed by atoms with Crippen LogP contribution in [0.2, 0.25) is 5.02 Å². The first-order valence-electron chi connectivity index (χ1n) is 7.95. The minimum Gasteiger partial charge on any atom is -0.459 e. The Morgan fingerprint density at radius 2 is 2.00 bits per heavy atom. The summed E-state index contributed by atoms with van der Waals surface area (Å²) in [5, 5.41) is 23.2. The molecule has 3 rings (SSSR count). The van der Waals surface area contributed by atoms with Crippen LogP contribution in [0.5, 0.6) is 0 Å². The van der Waals surface area contributed by atoms with Gasteiger partial charge >= 0.3 is 0 Å². The van der Waals surface area contributed by atoms with Crippen LogP contribution < -0.4 is 5.32 Å². The minimum absolute atomic E-state index is 0.0437. The van der Waals surface area contributed by atoms with E-state index in [0.717, 1.165) is 0 Å². The molecule has 27 heavy (non-hydrogen) atoms. The Labute approximate surface area is 159 Å². The van der Waals surface area contributed by atoms with Gasteiger partial charge in [0.2, 0.25) is 0 Å². The molecule has 0 atom stereocenters. The number of furan rings is 1. The predicted octanol–water partition coefficient (Wildman–Crippen LogP) is 4.56. The maximum absolute atomic E-state index is 12.5. The minimum atomic E-state index is -0.494. The number of halogens is 1. The molecule has 1 heterocycles. The van der Waals surface area contributed by atoms with E-state index in [0.29, 0.717) is 38.9 Å². The summed E-state index contributed by atoms with van der Waals surface area (Å²) in [7, 11) is 0. The molecule has 0 bridgehead atoms. The Balaban J connectivity index is 1.85. The molecule has 1 aromatic heterocycles. The zero-order chi connectivity index (χ0) is 19.6. The number of aliphatic hydroxyl groups excluding tert-OH is 1. The number of carbonyl (C=O) groups is 1. The number of anilines is 1. The van der Waals surface area contributed by atoms with Crippen LogP contribution >= 0.6 is 11.6 Å². The van der Waals surface area contributed by atoms with Gasteiger partial charge in [-0.25, -0.2) is 0 Å². The van der Waals surface area contributed by atoms with Gasteiger partial charge in [-0.15, -0.1) is 0 Å². The van der Waals surface area contributed by atoms with Crippen LogP contribution in [0.15, 0.2) is 52.9 Å². The van der Waals surface area contributed by atoms with Crippen molar-refractivity contribution < 1.29 is 19.2 Å². The van der Waals surface area contributed by atoms with Crippen LogP contribution in [0.1, 0.15) is 21.7 Å². The van der Waals surface area contributed by atoms with Crippen LogP contribution in [0.25, 0.3) is 11.3 Å². The molecule has 0 aliphatic rings. The van der Waals surface area contributed by atoms with Crippen molar-refractivity contribution in [3.05, 3.63) is 80.6 Å². The van der Waals surface area contributed by atoms with Gasteiger partial charge in [0, 0.05) is 28.4 Å². The number of nitro benzene ring substituents is 1. The van der Waals surface area contributed by atoms with Crippen LogP contribution in [-0.4, -0.2) is 15.9 Å². The van der Waals surface area contributed by atoms with Gasteiger partial charge in [0.05, 0.1) is 9.95 Å². The van der Waals surface area contributed by atoms with E-state index < -0.39 is 10.8 Å². The van der Waals surface area contributed by atoms with Crippen molar-refractivity contribution in [2.24, 2.45) is 0 Å². The molecule has 0 spiro atoms. The molecule has 0 saturated carbocycles. The molecule has 0 saturated heterocycles. The highest BCUT2D eigenvalue weighted by Crippen LogP contribution is 2.32. The van der Waals surface area contributed by atoms with Crippen molar-refractivity contribution in [3.8, 4) is 11.3 Å². The summed E-state index contributed by atoms with van der Waals surface area (Å²) < 4.78 is 5.48. The fourth-order valence-corrected chi connectivity index (χ4v) is 2.81. The maximum Gasteiger partial charge on any atom is 0.272 e. The zero-order valence-corrected chi connectivity index (χ0v) is 15.0. The van der Waals surface area contributed by atoms with E-state index >= 15 is 0 Å². The summed E-state index contributed by atoms with van der Waals surface area (Å²) >= 11 is 6.21. The number of benzene rings is 2. The van der Waals surface area contributed by atoms with Crippen molar-refractivity contribution in [3.63, 3.8) is 0 Å². The zero-order valence-electron chi connectivity index (χ0n) is 14.2. The standard InChI is InChI=1S/C19H15ClN2O5/c1-11-8-12(2-6-17(11)22(25)26)19(24)21-13-3-5-16(20)15(9-13)18-7-4-14(10-23)27-18/h2-9,23H,10H2,1H3,(H,21,24). The summed E-state index contributed by atoms with van der Waals surface area (Å²) in [6, 6.07) is 12.4. The highest BCUT2D eigenvalue weighted by Gasteiger charge is 2.15. The van der Waals surface area contributed by atoms with E-state index in [1.807, 2.05) is 0 Å². The fraction of sp³-hybridized carbons (Fsp3) is 0.105. The predicted molar refractivity (Wildman–Crippen MR) is 101 cm³/mol. The number of carbonyl (C=O) groups excluding carboxylic acids is 1. The molecule has 2 aromatic carbocycles. The van der Waals surface area contributed by atoms with Crippen LogP contribution in [0.3, 0.4) is 0 Å². The Bertz CT molecular complexity index is 1030. The number of hydrogen-bond acceptors (Lipinski definition) is 5. The number of aliphatic hydroxyl groups is 1. The molecule has 138 valence electrons. The first-order chi connectivity index (χ1) is 12.9. The summed E-state index contributed by atoms with van der Waals surface area (Å²) in [6.45, 7) is 1.35. The number of nitro groups is 1.